The standard InChI is InChI=1S/C17H15F2N3O2S/c1-25(23,24)21-9-13(10-21)11-2-4-15(5-3-11)22-17-12(8-20-22)6-14(18)7-16(17)19/h2-8,13H,9-10H2,1H3. The van der Waals surface area contributed by atoms with Crippen molar-refractivity contribution in [2.45, 2.75) is 5.92 Å². The molecule has 0 saturated carbocycles. The van der Waals surface area contributed by atoms with Crippen LogP contribution in [0.3, 0.4) is 0 Å². The van der Waals surface area contributed by atoms with Gasteiger partial charge in [-0.1, -0.05) is 12.1 Å². The van der Waals surface area contributed by atoms with Gasteiger partial charge < -0.3 is 0 Å². The predicted octanol–water partition coefficient (Wildman–Crippen LogP) is 2.66. The van der Waals surface area contributed by atoms with Crippen LogP contribution >= 0.6 is 0 Å². The van der Waals surface area contributed by atoms with Crippen LogP contribution < -0.4 is 0 Å². The van der Waals surface area contributed by atoms with Gasteiger partial charge in [-0.05, 0) is 23.8 Å². The Kier molecular flexibility index (Phi) is 3.62. The molecule has 3 aromatic rings. The summed E-state index contributed by atoms with van der Waals surface area (Å²) < 4.78 is 53.1. The molecule has 0 amide bonds. The fraction of sp³-hybridized carbons (Fsp3) is 0.235. The summed E-state index contributed by atoms with van der Waals surface area (Å²) in [6, 6.07) is 9.44. The summed E-state index contributed by atoms with van der Waals surface area (Å²) in [6.07, 6.45) is 2.62. The molecular weight excluding hydrogens is 348 g/mol. The lowest BCUT2D eigenvalue weighted by molar-refractivity contribution is 0.266. The summed E-state index contributed by atoms with van der Waals surface area (Å²) in [5.74, 6) is -1.15. The van der Waals surface area contributed by atoms with Gasteiger partial charge in [0.25, 0.3) is 0 Å². The summed E-state index contributed by atoms with van der Waals surface area (Å²) in [6.45, 7) is 0.938. The molecule has 1 aliphatic rings. The summed E-state index contributed by atoms with van der Waals surface area (Å²) >= 11 is 0. The van der Waals surface area contributed by atoms with E-state index in [1.54, 1.807) is 12.1 Å². The average Bonchev–Trinajstić information content (AvgIpc) is 2.89. The van der Waals surface area contributed by atoms with Crippen LogP contribution in [0.2, 0.25) is 0 Å². The number of aromatic nitrogens is 2. The van der Waals surface area contributed by atoms with E-state index < -0.39 is 21.7 Å². The van der Waals surface area contributed by atoms with E-state index in [-0.39, 0.29) is 11.4 Å². The van der Waals surface area contributed by atoms with Crippen LogP contribution in [0.15, 0.2) is 42.6 Å². The topological polar surface area (TPSA) is 55.2 Å². The van der Waals surface area contributed by atoms with Gasteiger partial charge in [0.1, 0.15) is 11.3 Å². The first-order chi connectivity index (χ1) is 11.8. The van der Waals surface area contributed by atoms with Crippen molar-refractivity contribution in [1.29, 1.82) is 0 Å². The summed E-state index contributed by atoms with van der Waals surface area (Å²) in [4.78, 5) is 0. The third-order valence-electron chi connectivity index (χ3n) is 4.51. The number of hydrogen-bond donors (Lipinski definition) is 0. The zero-order valence-electron chi connectivity index (χ0n) is 13.4. The Balaban J connectivity index is 1.62. The Morgan fingerprint density at radius 3 is 2.44 bits per heavy atom. The first kappa shape index (κ1) is 16.2. The first-order valence-electron chi connectivity index (χ1n) is 7.71. The van der Waals surface area contributed by atoms with Gasteiger partial charge in [0.15, 0.2) is 5.82 Å². The van der Waals surface area contributed by atoms with Gasteiger partial charge in [0.2, 0.25) is 10.0 Å². The number of rotatable bonds is 3. The zero-order chi connectivity index (χ0) is 17.8. The second-order valence-electron chi connectivity index (χ2n) is 6.25. The van der Waals surface area contributed by atoms with E-state index in [1.807, 2.05) is 12.1 Å². The minimum absolute atomic E-state index is 0.156. The Labute approximate surface area is 143 Å². The summed E-state index contributed by atoms with van der Waals surface area (Å²) in [7, 11) is -3.14. The van der Waals surface area contributed by atoms with E-state index in [4.69, 9.17) is 0 Å². The molecule has 0 unspecified atom stereocenters. The summed E-state index contributed by atoms with van der Waals surface area (Å²) in [5, 5.41) is 4.54. The normalized spacial score (nSPS) is 16.3. The SMILES string of the molecule is CS(=O)(=O)N1CC(c2ccc(-n3ncc4cc(F)cc(F)c43)cc2)C1. The van der Waals surface area contributed by atoms with Gasteiger partial charge in [-0.15, -0.1) is 0 Å². The molecule has 4 rings (SSSR count). The second-order valence-corrected chi connectivity index (χ2v) is 8.23. The minimum Gasteiger partial charge on any atom is -0.230 e. The Morgan fingerprint density at radius 2 is 1.80 bits per heavy atom. The molecule has 0 N–H and O–H groups in total. The highest BCUT2D eigenvalue weighted by Crippen LogP contribution is 2.30. The largest absolute Gasteiger partial charge is 0.230 e. The predicted molar refractivity (Wildman–Crippen MR) is 90.1 cm³/mol. The maximum Gasteiger partial charge on any atom is 0.211 e. The molecule has 2 aromatic carbocycles. The van der Waals surface area contributed by atoms with Crippen molar-refractivity contribution in [3.63, 3.8) is 0 Å². The molecule has 1 aromatic heterocycles. The van der Waals surface area contributed by atoms with Gasteiger partial charge in [0.05, 0.1) is 18.1 Å². The van der Waals surface area contributed by atoms with E-state index in [9.17, 15) is 17.2 Å². The first-order valence-corrected chi connectivity index (χ1v) is 9.56. The number of nitrogens with zero attached hydrogens (tertiary/aromatic N) is 3. The van der Waals surface area contributed by atoms with Gasteiger partial charge in [-0.3, -0.25) is 0 Å². The molecule has 8 heteroatoms. The maximum atomic E-state index is 14.1. The third-order valence-corrected chi connectivity index (χ3v) is 5.74. The maximum absolute atomic E-state index is 14.1. The van der Waals surface area contributed by atoms with Crippen LogP contribution in [0.5, 0.6) is 0 Å². The van der Waals surface area contributed by atoms with E-state index in [0.717, 1.165) is 11.6 Å². The van der Waals surface area contributed by atoms with Crippen molar-refractivity contribution in [3.05, 3.63) is 59.8 Å². The molecule has 0 aliphatic carbocycles. The molecule has 0 radical (unpaired) electrons. The van der Waals surface area contributed by atoms with Crippen molar-refractivity contribution >= 4 is 20.9 Å². The fourth-order valence-corrected chi connectivity index (χ4v) is 3.99. The van der Waals surface area contributed by atoms with Crippen molar-refractivity contribution in [3.8, 4) is 5.69 Å². The average molecular weight is 363 g/mol. The zero-order valence-corrected chi connectivity index (χ0v) is 14.2. The highest BCUT2D eigenvalue weighted by Gasteiger charge is 2.33. The molecule has 5 nitrogen and oxygen atoms in total. The highest BCUT2D eigenvalue weighted by atomic mass is 32.2. The summed E-state index contributed by atoms with van der Waals surface area (Å²) in [5.41, 5.74) is 1.90. The van der Waals surface area contributed by atoms with Crippen molar-refractivity contribution in [1.82, 2.24) is 14.1 Å². The molecule has 0 spiro atoms. The number of fused-ring (bicyclic) bond motifs is 1. The van der Waals surface area contributed by atoms with Crippen LogP contribution in [-0.4, -0.2) is 41.8 Å². The lowest BCUT2D eigenvalue weighted by Crippen LogP contribution is -2.47. The van der Waals surface area contributed by atoms with Crippen molar-refractivity contribution in [2.75, 3.05) is 19.3 Å². The number of halogens is 2. The van der Waals surface area contributed by atoms with Crippen LogP contribution in [0.25, 0.3) is 16.6 Å². The molecule has 1 saturated heterocycles. The van der Waals surface area contributed by atoms with E-state index in [2.05, 4.69) is 5.10 Å². The molecule has 0 bridgehead atoms. The number of hydrogen-bond acceptors (Lipinski definition) is 3. The molecule has 2 heterocycles. The Hall–Kier alpha value is -2.32. The monoisotopic (exact) mass is 363 g/mol. The van der Waals surface area contributed by atoms with Crippen LogP contribution in [-0.2, 0) is 10.0 Å². The molecule has 1 aliphatic heterocycles. The highest BCUT2D eigenvalue weighted by molar-refractivity contribution is 7.88. The molecule has 1 fully saturated rings. The van der Waals surface area contributed by atoms with Gasteiger partial charge in [0, 0.05) is 30.5 Å². The number of benzene rings is 2. The second kappa shape index (κ2) is 5.60. The van der Waals surface area contributed by atoms with E-state index >= 15 is 0 Å². The Bertz CT molecular complexity index is 1060. The third kappa shape index (κ3) is 2.81. The molecule has 25 heavy (non-hydrogen) atoms. The van der Waals surface area contributed by atoms with Crippen molar-refractivity contribution in [2.24, 2.45) is 0 Å². The quantitative estimate of drug-likeness (QED) is 0.719. The molecule has 130 valence electrons. The van der Waals surface area contributed by atoms with E-state index in [0.29, 0.717) is 24.2 Å². The van der Waals surface area contributed by atoms with Gasteiger partial charge in [-0.2, -0.15) is 5.10 Å². The lowest BCUT2D eigenvalue weighted by atomic mass is 9.93. The fourth-order valence-electron chi connectivity index (χ4n) is 3.09. The minimum atomic E-state index is -3.14. The molecular formula is C17H15F2N3O2S. The smallest absolute Gasteiger partial charge is 0.211 e. The van der Waals surface area contributed by atoms with Crippen LogP contribution in [0.4, 0.5) is 8.78 Å². The van der Waals surface area contributed by atoms with Gasteiger partial charge in [-0.25, -0.2) is 26.2 Å². The lowest BCUT2D eigenvalue weighted by Gasteiger charge is -2.37. The van der Waals surface area contributed by atoms with E-state index in [1.165, 1.54) is 27.5 Å². The molecule has 0 atom stereocenters. The van der Waals surface area contributed by atoms with Crippen molar-refractivity contribution < 1.29 is 17.2 Å². The Morgan fingerprint density at radius 1 is 1.12 bits per heavy atom. The van der Waals surface area contributed by atoms with Crippen LogP contribution in [0, 0.1) is 11.6 Å². The van der Waals surface area contributed by atoms with Gasteiger partial charge >= 0.3 is 0 Å². The number of sulfonamides is 1. The van der Waals surface area contributed by atoms with Crippen LogP contribution in [0.1, 0.15) is 11.5 Å².